The molecule has 0 fully saturated rings. The van der Waals surface area contributed by atoms with E-state index in [0.717, 1.165) is 11.0 Å². The van der Waals surface area contributed by atoms with Gasteiger partial charge in [-0.3, -0.25) is 9.69 Å². The Balaban J connectivity index is 1.98. The van der Waals surface area contributed by atoms with Crippen molar-refractivity contribution in [2.24, 2.45) is 0 Å². The molecule has 1 aliphatic rings. The molecule has 23 heavy (non-hydrogen) atoms. The fourth-order valence-corrected chi connectivity index (χ4v) is 2.82. The van der Waals surface area contributed by atoms with Crippen molar-refractivity contribution in [2.45, 2.75) is 12.3 Å². The zero-order chi connectivity index (χ0) is 16.6. The van der Waals surface area contributed by atoms with Crippen molar-refractivity contribution in [3.05, 3.63) is 82.4 Å². The summed E-state index contributed by atoms with van der Waals surface area (Å²) in [6, 6.07) is 10.6. The van der Waals surface area contributed by atoms with Crippen molar-refractivity contribution in [3.8, 4) is 0 Å². The zero-order valence-electron chi connectivity index (χ0n) is 11.8. The first-order valence-corrected chi connectivity index (χ1v) is 7.21. The highest BCUT2D eigenvalue weighted by Crippen LogP contribution is 2.41. The van der Waals surface area contributed by atoms with E-state index in [0.29, 0.717) is 5.56 Å². The summed E-state index contributed by atoms with van der Waals surface area (Å²) in [5, 5.41) is 10.9. The summed E-state index contributed by atoms with van der Waals surface area (Å²) in [5.41, 5.74) is -0.978. The molecule has 3 nitrogen and oxygen atoms in total. The van der Waals surface area contributed by atoms with Crippen molar-refractivity contribution in [1.29, 1.82) is 0 Å². The maximum atomic E-state index is 13.1. The first-order chi connectivity index (χ1) is 10.9. The molecule has 118 valence electrons. The van der Waals surface area contributed by atoms with E-state index in [4.69, 9.17) is 11.6 Å². The lowest BCUT2D eigenvalue weighted by Crippen LogP contribution is -2.44. The van der Waals surface area contributed by atoms with E-state index < -0.39 is 23.3 Å². The van der Waals surface area contributed by atoms with Gasteiger partial charge in [-0.15, -0.1) is 0 Å². The Labute approximate surface area is 136 Å². The quantitative estimate of drug-likeness (QED) is 0.935. The summed E-state index contributed by atoms with van der Waals surface area (Å²) in [6.07, 6.45) is 1.12. The molecule has 0 aromatic heterocycles. The minimum Gasteiger partial charge on any atom is -0.362 e. The van der Waals surface area contributed by atoms with Gasteiger partial charge in [0.1, 0.15) is 11.6 Å². The van der Waals surface area contributed by atoms with E-state index in [2.05, 4.69) is 0 Å². The van der Waals surface area contributed by atoms with Crippen LogP contribution in [0.1, 0.15) is 11.1 Å². The van der Waals surface area contributed by atoms with Gasteiger partial charge in [0.05, 0.1) is 5.03 Å². The van der Waals surface area contributed by atoms with Gasteiger partial charge in [0.15, 0.2) is 0 Å². The largest absolute Gasteiger partial charge is 0.362 e. The fraction of sp³-hybridized carbons (Fsp3) is 0.118. The lowest BCUT2D eigenvalue weighted by Gasteiger charge is -2.35. The van der Waals surface area contributed by atoms with Crippen LogP contribution in [0.4, 0.5) is 8.78 Å². The van der Waals surface area contributed by atoms with Crippen LogP contribution in [0.3, 0.4) is 0 Å². The molecule has 0 aliphatic carbocycles. The first-order valence-electron chi connectivity index (χ1n) is 6.83. The number of aliphatic hydroxyl groups is 1. The Kier molecular flexibility index (Phi) is 3.92. The van der Waals surface area contributed by atoms with E-state index in [1.54, 1.807) is 0 Å². The zero-order valence-corrected chi connectivity index (χ0v) is 12.6. The van der Waals surface area contributed by atoms with Gasteiger partial charge in [-0.1, -0.05) is 35.9 Å². The van der Waals surface area contributed by atoms with Gasteiger partial charge in [-0.2, -0.15) is 0 Å². The fourth-order valence-electron chi connectivity index (χ4n) is 2.52. The molecule has 0 spiro atoms. The molecular formula is C17H12ClF2NO2. The van der Waals surface area contributed by atoms with E-state index in [1.165, 1.54) is 48.5 Å². The van der Waals surface area contributed by atoms with Crippen LogP contribution < -0.4 is 0 Å². The van der Waals surface area contributed by atoms with Crippen LogP contribution in [0, 0.1) is 11.6 Å². The van der Waals surface area contributed by atoms with Crippen LogP contribution in [0.5, 0.6) is 0 Å². The minimum atomic E-state index is -1.87. The van der Waals surface area contributed by atoms with Crippen molar-refractivity contribution in [3.63, 3.8) is 0 Å². The van der Waals surface area contributed by atoms with Crippen molar-refractivity contribution in [2.75, 3.05) is 0 Å². The molecule has 1 amide bonds. The number of hydrogen-bond acceptors (Lipinski definition) is 2. The Morgan fingerprint density at radius 1 is 1.00 bits per heavy atom. The summed E-state index contributed by atoms with van der Waals surface area (Å²) in [7, 11) is 0. The predicted molar refractivity (Wildman–Crippen MR) is 81.2 cm³/mol. The summed E-state index contributed by atoms with van der Waals surface area (Å²) < 4.78 is 26.1. The normalized spacial score (nSPS) is 20.8. The molecule has 2 aromatic carbocycles. The van der Waals surface area contributed by atoms with Crippen molar-refractivity contribution < 1.29 is 18.7 Å². The highest BCUT2D eigenvalue weighted by atomic mass is 35.5. The third kappa shape index (κ3) is 2.73. The number of nitrogens with zero attached hydrogens (tertiary/aromatic N) is 1. The summed E-state index contributed by atoms with van der Waals surface area (Å²) >= 11 is 6.07. The second kappa shape index (κ2) is 5.76. The molecule has 0 radical (unpaired) electrons. The molecule has 2 aromatic rings. The smallest absolute Gasteiger partial charge is 0.251 e. The number of halogens is 3. The van der Waals surface area contributed by atoms with Gasteiger partial charge in [0.25, 0.3) is 5.91 Å². The predicted octanol–water partition coefficient (Wildman–Crippen LogP) is 3.28. The highest BCUT2D eigenvalue weighted by molar-refractivity contribution is 6.33. The van der Waals surface area contributed by atoms with E-state index in [1.807, 2.05) is 0 Å². The van der Waals surface area contributed by atoms with Crippen LogP contribution in [0.15, 0.2) is 59.6 Å². The molecule has 1 heterocycles. The molecule has 1 N–H and O–H groups in total. The monoisotopic (exact) mass is 335 g/mol. The Hall–Kier alpha value is -2.24. The van der Waals surface area contributed by atoms with Gasteiger partial charge in [-0.25, -0.2) is 8.78 Å². The van der Waals surface area contributed by atoms with E-state index in [9.17, 15) is 18.7 Å². The minimum absolute atomic E-state index is 0.0275. The highest BCUT2D eigenvalue weighted by Gasteiger charge is 2.47. The standard InChI is InChI=1S/C17H12ClF2NO2/c18-15-9-16(22)21(10-11-1-5-13(19)6-2-11)17(15,23)12-3-7-14(20)8-4-12/h1-9,23H,10H2. The van der Waals surface area contributed by atoms with Crippen molar-refractivity contribution in [1.82, 2.24) is 4.90 Å². The summed E-state index contributed by atoms with van der Waals surface area (Å²) in [5.74, 6) is -1.34. The third-order valence-corrected chi connectivity index (χ3v) is 4.11. The number of hydrogen-bond donors (Lipinski definition) is 1. The Bertz CT molecular complexity index is 774. The number of carbonyl (C=O) groups is 1. The van der Waals surface area contributed by atoms with Crippen LogP contribution >= 0.6 is 11.6 Å². The number of carbonyl (C=O) groups excluding carboxylic acids is 1. The van der Waals surface area contributed by atoms with Gasteiger partial charge < -0.3 is 5.11 Å². The molecular weight excluding hydrogens is 324 g/mol. The molecule has 1 aliphatic heterocycles. The maximum Gasteiger partial charge on any atom is 0.251 e. The van der Waals surface area contributed by atoms with Crippen LogP contribution in [-0.4, -0.2) is 15.9 Å². The number of benzene rings is 2. The molecule has 3 rings (SSSR count). The van der Waals surface area contributed by atoms with Crippen LogP contribution in [0.25, 0.3) is 0 Å². The van der Waals surface area contributed by atoms with E-state index >= 15 is 0 Å². The molecule has 0 saturated heterocycles. The van der Waals surface area contributed by atoms with Gasteiger partial charge in [-0.05, 0) is 29.8 Å². The van der Waals surface area contributed by atoms with Crippen LogP contribution in [-0.2, 0) is 17.1 Å². The average Bonchev–Trinajstić information content (AvgIpc) is 2.74. The van der Waals surface area contributed by atoms with E-state index in [-0.39, 0.29) is 17.1 Å². The second-order valence-corrected chi connectivity index (χ2v) is 5.63. The molecule has 0 bridgehead atoms. The van der Waals surface area contributed by atoms with Gasteiger partial charge in [0, 0.05) is 18.2 Å². The lowest BCUT2D eigenvalue weighted by atomic mass is 10.0. The average molecular weight is 336 g/mol. The molecule has 1 atom stereocenters. The van der Waals surface area contributed by atoms with Crippen LogP contribution in [0.2, 0.25) is 0 Å². The van der Waals surface area contributed by atoms with Crippen molar-refractivity contribution >= 4 is 17.5 Å². The Morgan fingerprint density at radius 2 is 1.52 bits per heavy atom. The summed E-state index contributed by atoms with van der Waals surface area (Å²) in [6.45, 7) is 0.0275. The third-order valence-electron chi connectivity index (χ3n) is 3.74. The molecule has 6 heteroatoms. The topological polar surface area (TPSA) is 40.5 Å². The van der Waals surface area contributed by atoms with Gasteiger partial charge >= 0.3 is 0 Å². The second-order valence-electron chi connectivity index (χ2n) is 5.22. The van der Waals surface area contributed by atoms with Gasteiger partial charge in [0.2, 0.25) is 5.72 Å². The number of amides is 1. The number of rotatable bonds is 3. The Morgan fingerprint density at radius 3 is 2.09 bits per heavy atom. The maximum absolute atomic E-state index is 13.1. The SMILES string of the molecule is O=C1C=C(Cl)C(O)(c2ccc(F)cc2)N1Cc1ccc(F)cc1. The molecule has 1 unspecified atom stereocenters. The molecule has 0 saturated carbocycles. The summed E-state index contributed by atoms with van der Waals surface area (Å²) in [4.78, 5) is 13.3. The first kappa shape index (κ1) is 15.6. The lowest BCUT2D eigenvalue weighted by molar-refractivity contribution is -0.144.